The van der Waals surface area contributed by atoms with Gasteiger partial charge in [-0.15, -0.1) is 0 Å². The Balaban J connectivity index is 1.64. The molecule has 31 heavy (non-hydrogen) atoms. The highest BCUT2D eigenvalue weighted by molar-refractivity contribution is 6.32. The molecule has 1 aromatic carbocycles. The zero-order valence-corrected chi connectivity index (χ0v) is 17.8. The molecule has 0 spiro atoms. The van der Waals surface area contributed by atoms with Gasteiger partial charge < -0.3 is 19.7 Å². The van der Waals surface area contributed by atoms with Crippen molar-refractivity contribution >= 4 is 23.2 Å². The number of methoxy groups -OCH3 is 1. The van der Waals surface area contributed by atoms with E-state index in [4.69, 9.17) is 21.1 Å². The van der Waals surface area contributed by atoms with Gasteiger partial charge in [-0.05, 0) is 29.3 Å². The summed E-state index contributed by atoms with van der Waals surface area (Å²) in [7, 11) is 3.32. The minimum Gasteiger partial charge on any atom is -0.493 e. The monoisotopic (exact) mass is 443 g/mol. The molecule has 0 fully saturated rings. The van der Waals surface area contributed by atoms with Crippen molar-refractivity contribution in [3.63, 3.8) is 0 Å². The molecule has 0 saturated heterocycles. The fraction of sp³-hybridized carbons (Fsp3) is 0.238. The summed E-state index contributed by atoms with van der Waals surface area (Å²) in [5, 5.41) is 8.92. The van der Waals surface area contributed by atoms with Crippen LogP contribution in [-0.4, -0.2) is 41.9 Å². The Hall–Kier alpha value is -3.59. The van der Waals surface area contributed by atoms with Crippen molar-refractivity contribution in [3.05, 3.63) is 75.4 Å². The highest BCUT2D eigenvalue weighted by atomic mass is 35.5. The van der Waals surface area contributed by atoms with E-state index in [1.807, 2.05) is 12.1 Å². The van der Waals surface area contributed by atoms with Crippen LogP contribution in [0.2, 0.25) is 5.02 Å². The van der Waals surface area contributed by atoms with Gasteiger partial charge in [0.25, 0.3) is 11.5 Å². The topological polar surface area (TPSA) is 109 Å². The molecule has 0 aliphatic carbocycles. The lowest BCUT2D eigenvalue weighted by Gasteiger charge is -2.20. The lowest BCUT2D eigenvalue weighted by Crippen LogP contribution is -2.28. The van der Waals surface area contributed by atoms with Crippen molar-refractivity contribution in [1.82, 2.24) is 20.5 Å². The number of nitrogens with zero attached hydrogens (tertiary/aromatic N) is 3. The third-order valence-corrected chi connectivity index (χ3v) is 4.77. The van der Waals surface area contributed by atoms with Gasteiger partial charge in [0.05, 0.1) is 19.0 Å². The summed E-state index contributed by atoms with van der Waals surface area (Å²) in [5.41, 5.74) is 1.80. The first-order valence-electron chi connectivity index (χ1n) is 9.37. The molecule has 0 bridgehead atoms. The molecule has 2 N–H and O–H groups in total. The van der Waals surface area contributed by atoms with Crippen LogP contribution < -0.4 is 25.2 Å². The van der Waals surface area contributed by atoms with E-state index in [1.54, 1.807) is 42.5 Å². The third-order valence-electron chi connectivity index (χ3n) is 4.41. The molecule has 3 rings (SSSR count). The van der Waals surface area contributed by atoms with Gasteiger partial charge in [-0.2, -0.15) is 5.10 Å². The fourth-order valence-corrected chi connectivity index (χ4v) is 3.06. The number of rotatable bonds is 9. The van der Waals surface area contributed by atoms with Crippen molar-refractivity contribution in [1.29, 1.82) is 0 Å². The van der Waals surface area contributed by atoms with E-state index in [1.165, 1.54) is 13.3 Å². The highest BCUT2D eigenvalue weighted by Crippen LogP contribution is 2.29. The molecule has 0 atom stereocenters. The van der Waals surface area contributed by atoms with Crippen molar-refractivity contribution in [2.45, 2.75) is 13.1 Å². The lowest BCUT2D eigenvalue weighted by atomic mass is 10.2. The van der Waals surface area contributed by atoms with Crippen LogP contribution in [0.1, 0.15) is 11.1 Å². The second-order valence-electron chi connectivity index (χ2n) is 6.67. The van der Waals surface area contributed by atoms with E-state index in [2.05, 4.69) is 20.5 Å². The minimum atomic E-state index is -0.456. The van der Waals surface area contributed by atoms with Gasteiger partial charge in [-0.1, -0.05) is 23.7 Å². The maximum Gasteiger partial charge on any atom is 0.285 e. The predicted octanol–water partition coefficient (Wildman–Crippen LogP) is 2.16. The Bertz CT molecular complexity index is 1090. The molecule has 162 valence electrons. The van der Waals surface area contributed by atoms with Crippen molar-refractivity contribution < 1.29 is 14.3 Å². The number of carbonyl (C=O) groups excluding carboxylic acids is 1. The van der Waals surface area contributed by atoms with Gasteiger partial charge in [0.2, 0.25) is 0 Å². The van der Waals surface area contributed by atoms with E-state index in [0.29, 0.717) is 30.3 Å². The number of nitrogens with one attached hydrogen (secondary N) is 2. The Morgan fingerprint density at radius 2 is 2.06 bits per heavy atom. The Morgan fingerprint density at radius 3 is 2.81 bits per heavy atom. The fourth-order valence-electron chi connectivity index (χ4n) is 2.83. The number of carbonyl (C=O) groups is 1. The minimum absolute atomic E-state index is 0.0628. The molecule has 2 aromatic heterocycles. The van der Waals surface area contributed by atoms with Crippen molar-refractivity contribution in [3.8, 4) is 11.5 Å². The summed E-state index contributed by atoms with van der Waals surface area (Å²) >= 11 is 6.07. The summed E-state index contributed by atoms with van der Waals surface area (Å²) < 4.78 is 11.0. The van der Waals surface area contributed by atoms with E-state index in [9.17, 15) is 9.59 Å². The Labute approximate surface area is 184 Å². The van der Waals surface area contributed by atoms with Crippen molar-refractivity contribution in [2.24, 2.45) is 0 Å². The summed E-state index contributed by atoms with van der Waals surface area (Å²) in [6, 6.07) is 9.07. The van der Waals surface area contributed by atoms with Crippen LogP contribution in [-0.2, 0) is 17.9 Å². The quantitative estimate of drug-likeness (QED) is 0.521. The van der Waals surface area contributed by atoms with Gasteiger partial charge in [-0.25, -0.2) is 5.10 Å². The van der Waals surface area contributed by atoms with Crippen LogP contribution in [0.5, 0.6) is 11.5 Å². The smallest absolute Gasteiger partial charge is 0.285 e. The molecule has 0 unspecified atom stereocenters. The normalized spacial score (nSPS) is 10.4. The van der Waals surface area contributed by atoms with Crippen molar-refractivity contribution in [2.75, 3.05) is 25.7 Å². The largest absolute Gasteiger partial charge is 0.493 e. The van der Waals surface area contributed by atoms with Crippen LogP contribution in [0.15, 0.2) is 53.7 Å². The predicted molar refractivity (Wildman–Crippen MR) is 117 cm³/mol. The Morgan fingerprint density at radius 1 is 1.23 bits per heavy atom. The van der Waals surface area contributed by atoms with Gasteiger partial charge in [0.1, 0.15) is 5.02 Å². The summed E-state index contributed by atoms with van der Waals surface area (Å²) in [5.74, 6) is 0.664. The number of aromatic amines is 1. The maximum absolute atomic E-state index is 12.1. The first-order chi connectivity index (χ1) is 15.0. The number of hydrogen-bond acceptors (Lipinski definition) is 7. The van der Waals surface area contributed by atoms with Crippen LogP contribution >= 0.6 is 11.6 Å². The second kappa shape index (κ2) is 10.4. The van der Waals surface area contributed by atoms with Gasteiger partial charge >= 0.3 is 0 Å². The second-order valence-corrected chi connectivity index (χ2v) is 7.04. The van der Waals surface area contributed by atoms with Crippen LogP contribution in [0.3, 0.4) is 0 Å². The number of hydrogen-bond donors (Lipinski definition) is 2. The third kappa shape index (κ3) is 5.95. The SMILES string of the molecule is COc1ccc(CN(C)c2cn[nH]c(=O)c2Cl)cc1OCC(=O)NCc1cccnc1. The zero-order chi connectivity index (χ0) is 22.2. The highest BCUT2D eigenvalue weighted by Gasteiger charge is 2.13. The lowest BCUT2D eigenvalue weighted by molar-refractivity contribution is -0.123. The number of amides is 1. The standard InChI is InChI=1S/C21H22ClN5O4/c1-27(16-11-25-26-21(29)20(16)22)12-14-5-6-17(30-2)18(8-14)31-13-19(28)24-10-15-4-3-7-23-9-15/h3-9,11H,10,12-13H2,1-2H3,(H,24,28)(H,26,29). The molecule has 3 aromatic rings. The average Bonchev–Trinajstić information content (AvgIpc) is 2.78. The summed E-state index contributed by atoms with van der Waals surface area (Å²) in [6.07, 6.45) is 4.84. The van der Waals surface area contributed by atoms with Gasteiger partial charge in [0, 0.05) is 32.5 Å². The molecule has 0 radical (unpaired) electrons. The maximum atomic E-state index is 12.1. The van der Waals surface area contributed by atoms with Crippen LogP contribution in [0, 0.1) is 0 Å². The number of H-pyrrole nitrogens is 1. The average molecular weight is 444 g/mol. The molecule has 0 aliphatic heterocycles. The number of benzene rings is 1. The summed E-state index contributed by atoms with van der Waals surface area (Å²) in [6.45, 7) is 0.626. The number of aromatic nitrogens is 3. The first kappa shape index (κ1) is 22.1. The van der Waals surface area contributed by atoms with Gasteiger partial charge in [0.15, 0.2) is 18.1 Å². The van der Waals surface area contributed by atoms with Crippen LogP contribution in [0.4, 0.5) is 5.69 Å². The number of pyridine rings is 1. The van der Waals surface area contributed by atoms with E-state index in [-0.39, 0.29) is 17.5 Å². The number of ether oxygens (including phenoxy) is 2. The zero-order valence-electron chi connectivity index (χ0n) is 17.1. The molecule has 10 heteroatoms. The molecular weight excluding hydrogens is 422 g/mol. The molecule has 9 nitrogen and oxygen atoms in total. The Kier molecular flexibility index (Phi) is 7.45. The molecule has 0 saturated carbocycles. The van der Waals surface area contributed by atoms with Gasteiger partial charge in [-0.3, -0.25) is 14.6 Å². The first-order valence-corrected chi connectivity index (χ1v) is 9.75. The molecule has 2 heterocycles. The molecule has 0 aliphatic rings. The summed E-state index contributed by atoms with van der Waals surface area (Å²) in [4.78, 5) is 29.6. The number of anilines is 1. The number of halogens is 1. The van der Waals surface area contributed by atoms with E-state index < -0.39 is 5.56 Å². The molecular formula is C21H22ClN5O4. The van der Waals surface area contributed by atoms with E-state index in [0.717, 1.165) is 11.1 Å². The van der Waals surface area contributed by atoms with Crippen LogP contribution in [0.25, 0.3) is 0 Å². The molecule has 1 amide bonds. The van der Waals surface area contributed by atoms with E-state index >= 15 is 0 Å².